The Balaban J connectivity index is 2.11. The lowest BCUT2D eigenvalue weighted by molar-refractivity contribution is -0.139. The van der Waals surface area contributed by atoms with Gasteiger partial charge in [-0.1, -0.05) is 26.0 Å². The van der Waals surface area contributed by atoms with Gasteiger partial charge in [-0.3, -0.25) is 9.59 Å². The molecule has 1 heterocycles. The number of carbonyl (C=O) groups is 2. The first kappa shape index (κ1) is 15.5. The Morgan fingerprint density at radius 1 is 1.38 bits per heavy atom. The summed E-state index contributed by atoms with van der Waals surface area (Å²) in [5.41, 5.74) is 2.10. The van der Waals surface area contributed by atoms with E-state index in [-0.39, 0.29) is 12.3 Å². The average molecular weight is 291 g/mol. The molecule has 0 saturated heterocycles. The molecule has 1 aliphatic rings. The maximum Gasteiger partial charge on any atom is 0.303 e. The molecule has 0 bridgehead atoms. The second-order valence-corrected chi connectivity index (χ2v) is 6.42. The fraction of sp³-hybridized carbons (Fsp3) is 0.500. The Labute approximate surface area is 124 Å². The Bertz CT molecular complexity index is 565. The third kappa shape index (κ3) is 4.04. The predicted molar refractivity (Wildman–Crippen MR) is 79.0 cm³/mol. The number of benzene rings is 1. The van der Waals surface area contributed by atoms with E-state index in [9.17, 15) is 14.7 Å². The van der Waals surface area contributed by atoms with Crippen LogP contribution in [0.3, 0.4) is 0 Å². The fourth-order valence-corrected chi connectivity index (χ4v) is 2.73. The molecule has 0 aromatic heterocycles. The number of aliphatic hydroxyl groups is 1. The van der Waals surface area contributed by atoms with E-state index in [4.69, 9.17) is 5.11 Å². The zero-order valence-electron chi connectivity index (χ0n) is 12.3. The number of fused-ring (bicyclic) bond motifs is 1. The highest BCUT2D eigenvalue weighted by atomic mass is 16.4. The first-order valence-electron chi connectivity index (χ1n) is 7.09. The van der Waals surface area contributed by atoms with E-state index >= 15 is 0 Å². The van der Waals surface area contributed by atoms with Gasteiger partial charge >= 0.3 is 5.97 Å². The van der Waals surface area contributed by atoms with Crippen molar-refractivity contribution in [3.05, 3.63) is 29.3 Å². The second-order valence-electron chi connectivity index (χ2n) is 6.42. The van der Waals surface area contributed by atoms with Crippen LogP contribution in [0.2, 0.25) is 0 Å². The summed E-state index contributed by atoms with van der Waals surface area (Å²) in [6.07, 6.45) is 0.814. The maximum atomic E-state index is 11.3. The SMILES string of the molecule is CC(C)(CC(=O)O)CC(O)c1ccc2c(c1)CCC(=O)N2. The molecule has 1 unspecified atom stereocenters. The molecule has 0 aliphatic carbocycles. The first-order chi connectivity index (χ1) is 9.77. The second kappa shape index (κ2) is 5.85. The van der Waals surface area contributed by atoms with E-state index in [0.29, 0.717) is 19.3 Å². The van der Waals surface area contributed by atoms with E-state index < -0.39 is 17.5 Å². The molecule has 1 aromatic rings. The van der Waals surface area contributed by atoms with Crippen molar-refractivity contribution >= 4 is 17.6 Å². The van der Waals surface area contributed by atoms with E-state index in [1.54, 1.807) is 12.1 Å². The lowest BCUT2D eigenvalue weighted by atomic mass is 9.81. The summed E-state index contributed by atoms with van der Waals surface area (Å²) in [7, 11) is 0. The summed E-state index contributed by atoms with van der Waals surface area (Å²) in [4.78, 5) is 22.2. The number of aryl methyl sites for hydroxylation is 1. The van der Waals surface area contributed by atoms with Crippen molar-refractivity contribution < 1.29 is 19.8 Å². The molecule has 0 radical (unpaired) electrons. The minimum atomic E-state index is -0.861. The molecule has 2 rings (SSSR count). The predicted octanol–water partition coefficient (Wildman–Crippen LogP) is 2.50. The van der Waals surface area contributed by atoms with Crippen molar-refractivity contribution in [2.45, 2.75) is 45.6 Å². The molecule has 5 nitrogen and oxygen atoms in total. The topological polar surface area (TPSA) is 86.6 Å². The average Bonchev–Trinajstić information content (AvgIpc) is 2.35. The number of aliphatic hydroxyl groups excluding tert-OH is 1. The number of hydrogen-bond acceptors (Lipinski definition) is 3. The summed E-state index contributed by atoms with van der Waals surface area (Å²) >= 11 is 0. The van der Waals surface area contributed by atoms with Gasteiger partial charge in [0, 0.05) is 12.1 Å². The van der Waals surface area contributed by atoms with Crippen LogP contribution in [0.1, 0.15) is 50.3 Å². The summed E-state index contributed by atoms with van der Waals surface area (Å²) in [6, 6.07) is 5.48. The van der Waals surface area contributed by atoms with E-state index in [2.05, 4.69) is 5.32 Å². The number of amides is 1. The minimum Gasteiger partial charge on any atom is -0.481 e. The lowest BCUT2D eigenvalue weighted by Gasteiger charge is -2.26. The van der Waals surface area contributed by atoms with Crippen molar-refractivity contribution in [1.82, 2.24) is 0 Å². The maximum absolute atomic E-state index is 11.3. The molecule has 1 atom stereocenters. The normalized spacial score (nSPS) is 16.0. The Morgan fingerprint density at radius 3 is 2.76 bits per heavy atom. The first-order valence-corrected chi connectivity index (χ1v) is 7.09. The van der Waals surface area contributed by atoms with Crippen molar-refractivity contribution in [2.24, 2.45) is 5.41 Å². The van der Waals surface area contributed by atoms with Gasteiger partial charge in [-0.2, -0.15) is 0 Å². The van der Waals surface area contributed by atoms with Crippen LogP contribution < -0.4 is 5.32 Å². The number of carboxylic acids is 1. The highest BCUT2D eigenvalue weighted by Gasteiger charge is 2.26. The number of anilines is 1. The summed E-state index contributed by atoms with van der Waals surface area (Å²) in [5, 5.41) is 22.0. The fourth-order valence-electron chi connectivity index (χ4n) is 2.73. The van der Waals surface area contributed by atoms with Gasteiger partial charge in [0.2, 0.25) is 5.91 Å². The standard InChI is InChI=1S/C16H21NO4/c1-16(2,9-15(20)21)8-13(18)11-3-5-12-10(7-11)4-6-14(19)17-12/h3,5,7,13,18H,4,6,8-9H2,1-2H3,(H,17,19)(H,20,21). The minimum absolute atomic E-state index is 0.0124. The molecule has 5 heteroatoms. The third-order valence-corrected chi connectivity index (χ3v) is 3.79. The van der Waals surface area contributed by atoms with Gasteiger partial charge < -0.3 is 15.5 Å². The van der Waals surface area contributed by atoms with Gasteiger partial charge in [-0.05, 0) is 35.4 Å². The number of carbonyl (C=O) groups excluding carboxylic acids is 1. The monoisotopic (exact) mass is 291 g/mol. The van der Waals surface area contributed by atoms with E-state index in [1.165, 1.54) is 0 Å². The quantitative estimate of drug-likeness (QED) is 0.778. The molecule has 21 heavy (non-hydrogen) atoms. The molecular formula is C16H21NO4. The Hall–Kier alpha value is -1.88. The summed E-state index contributed by atoms with van der Waals surface area (Å²) < 4.78 is 0. The Morgan fingerprint density at radius 2 is 2.10 bits per heavy atom. The molecule has 114 valence electrons. The zero-order chi connectivity index (χ0) is 15.6. The third-order valence-electron chi connectivity index (χ3n) is 3.79. The van der Waals surface area contributed by atoms with Crippen LogP contribution in [0.4, 0.5) is 5.69 Å². The Kier molecular flexibility index (Phi) is 4.32. The van der Waals surface area contributed by atoms with Crippen LogP contribution in [0.25, 0.3) is 0 Å². The molecule has 0 saturated carbocycles. The van der Waals surface area contributed by atoms with Gasteiger partial charge in [-0.15, -0.1) is 0 Å². The van der Waals surface area contributed by atoms with Crippen LogP contribution in [-0.2, 0) is 16.0 Å². The lowest BCUT2D eigenvalue weighted by Crippen LogP contribution is -2.21. The van der Waals surface area contributed by atoms with Crippen LogP contribution in [0.15, 0.2) is 18.2 Å². The highest BCUT2D eigenvalue weighted by Crippen LogP contribution is 2.34. The van der Waals surface area contributed by atoms with Crippen LogP contribution in [-0.4, -0.2) is 22.1 Å². The smallest absolute Gasteiger partial charge is 0.303 e. The molecule has 0 spiro atoms. The molecule has 1 amide bonds. The summed E-state index contributed by atoms with van der Waals surface area (Å²) in [6.45, 7) is 3.67. The molecule has 1 aliphatic heterocycles. The van der Waals surface area contributed by atoms with Gasteiger partial charge in [0.1, 0.15) is 0 Å². The van der Waals surface area contributed by atoms with Gasteiger partial charge in [0.05, 0.1) is 12.5 Å². The van der Waals surface area contributed by atoms with Crippen molar-refractivity contribution in [1.29, 1.82) is 0 Å². The van der Waals surface area contributed by atoms with Crippen LogP contribution >= 0.6 is 0 Å². The van der Waals surface area contributed by atoms with Crippen LogP contribution in [0, 0.1) is 5.41 Å². The summed E-state index contributed by atoms with van der Waals surface area (Å²) in [5.74, 6) is -0.848. The van der Waals surface area contributed by atoms with Crippen molar-refractivity contribution in [2.75, 3.05) is 5.32 Å². The number of carboxylic acid groups (broad SMARTS) is 1. The largest absolute Gasteiger partial charge is 0.481 e. The molecular weight excluding hydrogens is 270 g/mol. The highest BCUT2D eigenvalue weighted by molar-refractivity contribution is 5.93. The van der Waals surface area contributed by atoms with Gasteiger partial charge in [0.25, 0.3) is 0 Å². The van der Waals surface area contributed by atoms with E-state index in [0.717, 1.165) is 16.8 Å². The molecule has 3 N–H and O–H groups in total. The number of hydrogen-bond donors (Lipinski definition) is 3. The number of nitrogens with one attached hydrogen (secondary N) is 1. The van der Waals surface area contributed by atoms with Gasteiger partial charge in [-0.25, -0.2) is 0 Å². The van der Waals surface area contributed by atoms with Crippen molar-refractivity contribution in [3.8, 4) is 0 Å². The van der Waals surface area contributed by atoms with E-state index in [1.807, 2.05) is 19.9 Å². The molecule has 0 fully saturated rings. The molecule has 1 aromatic carbocycles. The van der Waals surface area contributed by atoms with Gasteiger partial charge in [0.15, 0.2) is 0 Å². The number of aliphatic carboxylic acids is 1. The van der Waals surface area contributed by atoms with Crippen LogP contribution in [0.5, 0.6) is 0 Å². The zero-order valence-corrected chi connectivity index (χ0v) is 12.3. The number of rotatable bonds is 5. The van der Waals surface area contributed by atoms with Crippen molar-refractivity contribution in [3.63, 3.8) is 0 Å².